The van der Waals surface area contributed by atoms with E-state index in [1.54, 1.807) is 12.1 Å². The second-order valence-electron chi connectivity index (χ2n) is 4.83. The molecule has 17 heavy (non-hydrogen) atoms. The molecular weight excluding hydrogens is 214 g/mol. The van der Waals surface area contributed by atoms with Gasteiger partial charge in [-0.3, -0.25) is 4.79 Å². The number of hydrogen-bond acceptors (Lipinski definition) is 2. The van der Waals surface area contributed by atoms with E-state index in [2.05, 4.69) is 19.2 Å². The molecule has 0 aliphatic carbocycles. The van der Waals surface area contributed by atoms with Gasteiger partial charge in [-0.15, -0.1) is 0 Å². The largest absolute Gasteiger partial charge is 0.459 e. The van der Waals surface area contributed by atoms with Gasteiger partial charge >= 0.3 is 0 Å². The zero-order chi connectivity index (χ0) is 12.5. The topological polar surface area (TPSA) is 42.2 Å². The van der Waals surface area contributed by atoms with E-state index in [0.717, 1.165) is 18.9 Å². The maximum Gasteiger partial charge on any atom is 0.286 e. The number of rotatable bonds is 8. The summed E-state index contributed by atoms with van der Waals surface area (Å²) in [5, 5.41) is 2.85. The van der Waals surface area contributed by atoms with Crippen molar-refractivity contribution in [2.24, 2.45) is 5.92 Å². The summed E-state index contributed by atoms with van der Waals surface area (Å²) in [7, 11) is 0. The number of hydrogen-bond donors (Lipinski definition) is 1. The maximum absolute atomic E-state index is 11.5. The molecule has 0 aliphatic rings. The van der Waals surface area contributed by atoms with E-state index in [1.807, 2.05) is 0 Å². The van der Waals surface area contributed by atoms with Crippen LogP contribution in [0.2, 0.25) is 0 Å². The van der Waals surface area contributed by atoms with E-state index in [4.69, 9.17) is 4.42 Å². The predicted molar refractivity (Wildman–Crippen MR) is 69.0 cm³/mol. The molecule has 3 heteroatoms. The minimum Gasteiger partial charge on any atom is -0.459 e. The molecule has 1 heterocycles. The summed E-state index contributed by atoms with van der Waals surface area (Å²) in [4.78, 5) is 11.5. The van der Waals surface area contributed by atoms with Gasteiger partial charge < -0.3 is 9.73 Å². The SMILES string of the molecule is CC(C)CCCCCCNC(=O)c1ccco1. The summed E-state index contributed by atoms with van der Waals surface area (Å²) in [6.07, 6.45) is 7.61. The highest BCUT2D eigenvalue weighted by molar-refractivity contribution is 5.91. The Hall–Kier alpha value is -1.25. The first-order valence-corrected chi connectivity index (χ1v) is 6.52. The van der Waals surface area contributed by atoms with Crippen molar-refractivity contribution in [3.05, 3.63) is 24.2 Å². The number of carbonyl (C=O) groups is 1. The molecular formula is C14H23NO2. The van der Waals surface area contributed by atoms with Crippen LogP contribution in [-0.2, 0) is 0 Å². The average Bonchev–Trinajstić information content (AvgIpc) is 2.80. The third-order valence-corrected chi connectivity index (χ3v) is 2.74. The molecule has 0 saturated carbocycles. The average molecular weight is 237 g/mol. The van der Waals surface area contributed by atoms with Gasteiger partial charge in [0, 0.05) is 6.54 Å². The molecule has 0 unspecified atom stereocenters. The molecule has 96 valence electrons. The summed E-state index contributed by atoms with van der Waals surface area (Å²) >= 11 is 0. The van der Waals surface area contributed by atoms with Crippen LogP contribution in [0.4, 0.5) is 0 Å². The van der Waals surface area contributed by atoms with Crippen molar-refractivity contribution in [1.29, 1.82) is 0 Å². The van der Waals surface area contributed by atoms with Crippen molar-refractivity contribution in [3.8, 4) is 0 Å². The zero-order valence-corrected chi connectivity index (χ0v) is 10.9. The molecule has 3 nitrogen and oxygen atoms in total. The molecule has 0 aliphatic heterocycles. The predicted octanol–water partition coefficient (Wildman–Crippen LogP) is 3.62. The van der Waals surface area contributed by atoms with E-state index >= 15 is 0 Å². The van der Waals surface area contributed by atoms with E-state index in [-0.39, 0.29) is 5.91 Å². The van der Waals surface area contributed by atoms with E-state index in [9.17, 15) is 4.79 Å². The molecule has 0 saturated heterocycles. The number of unbranched alkanes of at least 4 members (excludes halogenated alkanes) is 3. The number of nitrogens with one attached hydrogen (secondary N) is 1. The lowest BCUT2D eigenvalue weighted by Gasteiger charge is -2.05. The number of amides is 1. The summed E-state index contributed by atoms with van der Waals surface area (Å²) in [6, 6.07) is 3.40. The first-order valence-electron chi connectivity index (χ1n) is 6.52. The van der Waals surface area contributed by atoms with Crippen LogP contribution in [-0.4, -0.2) is 12.5 Å². The highest BCUT2D eigenvalue weighted by Gasteiger charge is 2.06. The van der Waals surface area contributed by atoms with Crippen LogP contribution in [0.5, 0.6) is 0 Å². The monoisotopic (exact) mass is 237 g/mol. The summed E-state index contributed by atoms with van der Waals surface area (Å²) < 4.78 is 5.01. The minimum absolute atomic E-state index is 0.114. The van der Waals surface area contributed by atoms with Crippen LogP contribution >= 0.6 is 0 Å². The molecule has 0 radical (unpaired) electrons. The highest BCUT2D eigenvalue weighted by atomic mass is 16.3. The van der Waals surface area contributed by atoms with Crippen LogP contribution in [0, 0.1) is 5.92 Å². The van der Waals surface area contributed by atoms with Crippen LogP contribution in [0.1, 0.15) is 56.5 Å². The standard InChI is InChI=1S/C14H23NO2/c1-12(2)8-5-3-4-6-10-15-14(16)13-9-7-11-17-13/h7,9,11-12H,3-6,8,10H2,1-2H3,(H,15,16). The Morgan fingerprint density at radius 3 is 2.71 bits per heavy atom. The number of furan rings is 1. The lowest BCUT2D eigenvalue weighted by atomic mass is 10.0. The van der Waals surface area contributed by atoms with Gasteiger partial charge in [0.25, 0.3) is 5.91 Å². The fourth-order valence-electron chi connectivity index (χ4n) is 1.73. The van der Waals surface area contributed by atoms with Crippen LogP contribution in [0.3, 0.4) is 0 Å². The van der Waals surface area contributed by atoms with Gasteiger partial charge in [0.15, 0.2) is 5.76 Å². The Morgan fingerprint density at radius 2 is 2.06 bits per heavy atom. The first-order chi connectivity index (χ1) is 8.20. The Kier molecular flexibility index (Phi) is 6.45. The third-order valence-electron chi connectivity index (χ3n) is 2.74. The quantitative estimate of drug-likeness (QED) is 0.702. The van der Waals surface area contributed by atoms with Crippen molar-refractivity contribution in [2.45, 2.75) is 46.0 Å². The van der Waals surface area contributed by atoms with E-state index in [1.165, 1.54) is 31.9 Å². The lowest BCUT2D eigenvalue weighted by molar-refractivity contribution is 0.0925. The Bertz CT molecular complexity index is 304. The maximum atomic E-state index is 11.5. The van der Waals surface area contributed by atoms with Crippen molar-refractivity contribution >= 4 is 5.91 Å². The number of carbonyl (C=O) groups excluding carboxylic acids is 1. The fourth-order valence-corrected chi connectivity index (χ4v) is 1.73. The van der Waals surface area contributed by atoms with Gasteiger partial charge in [0.2, 0.25) is 0 Å². The molecule has 1 amide bonds. The zero-order valence-electron chi connectivity index (χ0n) is 10.9. The van der Waals surface area contributed by atoms with E-state index < -0.39 is 0 Å². The Balaban J connectivity index is 1.96. The summed E-state index contributed by atoms with van der Waals surface area (Å²) in [6.45, 7) is 5.24. The second-order valence-corrected chi connectivity index (χ2v) is 4.83. The van der Waals surface area contributed by atoms with Gasteiger partial charge in [-0.05, 0) is 24.5 Å². The van der Waals surface area contributed by atoms with Gasteiger partial charge in [-0.1, -0.05) is 39.5 Å². The van der Waals surface area contributed by atoms with Gasteiger partial charge in [-0.25, -0.2) is 0 Å². The Morgan fingerprint density at radius 1 is 1.29 bits per heavy atom. The molecule has 1 N–H and O–H groups in total. The first kappa shape index (κ1) is 13.8. The molecule has 0 fully saturated rings. The van der Waals surface area contributed by atoms with Crippen molar-refractivity contribution < 1.29 is 9.21 Å². The lowest BCUT2D eigenvalue weighted by Crippen LogP contribution is -2.23. The van der Waals surface area contributed by atoms with Crippen molar-refractivity contribution in [1.82, 2.24) is 5.32 Å². The highest BCUT2D eigenvalue weighted by Crippen LogP contribution is 2.09. The third kappa shape index (κ3) is 6.15. The van der Waals surface area contributed by atoms with Crippen LogP contribution < -0.4 is 5.32 Å². The smallest absolute Gasteiger partial charge is 0.286 e. The molecule has 0 bridgehead atoms. The second kappa shape index (κ2) is 7.93. The normalized spacial score (nSPS) is 10.8. The van der Waals surface area contributed by atoms with Gasteiger partial charge in [-0.2, -0.15) is 0 Å². The van der Waals surface area contributed by atoms with Crippen LogP contribution in [0.25, 0.3) is 0 Å². The fraction of sp³-hybridized carbons (Fsp3) is 0.643. The summed E-state index contributed by atoms with van der Waals surface area (Å²) in [5.74, 6) is 1.08. The molecule has 0 spiro atoms. The van der Waals surface area contributed by atoms with Crippen molar-refractivity contribution in [2.75, 3.05) is 6.54 Å². The molecule has 1 aromatic heterocycles. The van der Waals surface area contributed by atoms with Gasteiger partial charge in [0.05, 0.1) is 6.26 Å². The minimum atomic E-state index is -0.114. The molecule has 1 rings (SSSR count). The Labute approximate surface area is 104 Å². The van der Waals surface area contributed by atoms with Crippen LogP contribution in [0.15, 0.2) is 22.8 Å². The van der Waals surface area contributed by atoms with E-state index in [0.29, 0.717) is 5.76 Å². The van der Waals surface area contributed by atoms with Gasteiger partial charge in [0.1, 0.15) is 0 Å². The molecule has 1 aromatic rings. The van der Waals surface area contributed by atoms with Crippen molar-refractivity contribution in [3.63, 3.8) is 0 Å². The molecule has 0 aromatic carbocycles. The summed E-state index contributed by atoms with van der Waals surface area (Å²) in [5.41, 5.74) is 0. The molecule has 0 atom stereocenters.